The van der Waals surface area contributed by atoms with E-state index in [0.717, 1.165) is 6.42 Å². The Balaban J connectivity index is 2.62. The van der Waals surface area contributed by atoms with Gasteiger partial charge in [0.25, 0.3) is 0 Å². The monoisotopic (exact) mass is 272 g/mol. The molecule has 2 N–H and O–H groups in total. The van der Waals surface area contributed by atoms with Crippen LogP contribution in [-0.2, 0) is 14.3 Å². The first-order chi connectivity index (χ1) is 8.88. The Hall–Kier alpha value is -1.79. The first kappa shape index (κ1) is 15.3. The van der Waals surface area contributed by atoms with Gasteiger partial charge in [-0.1, -0.05) is 0 Å². The zero-order valence-corrected chi connectivity index (χ0v) is 11.4. The summed E-state index contributed by atoms with van der Waals surface area (Å²) >= 11 is 0. The Morgan fingerprint density at radius 3 is 2.53 bits per heavy atom. The van der Waals surface area contributed by atoms with E-state index in [0.29, 0.717) is 13.0 Å². The van der Waals surface area contributed by atoms with Crippen molar-refractivity contribution in [3.8, 4) is 0 Å². The number of amides is 2. The van der Waals surface area contributed by atoms with E-state index < -0.39 is 36.0 Å². The molecule has 0 aliphatic carbocycles. The third kappa shape index (κ3) is 3.59. The van der Waals surface area contributed by atoms with E-state index >= 15 is 0 Å². The summed E-state index contributed by atoms with van der Waals surface area (Å²) in [5.41, 5.74) is 0. The fourth-order valence-corrected chi connectivity index (χ4v) is 2.01. The molecule has 1 rings (SSSR count). The van der Waals surface area contributed by atoms with Gasteiger partial charge in [-0.3, -0.25) is 4.79 Å². The van der Waals surface area contributed by atoms with Crippen LogP contribution in [0, 0.1) is 5.92 Å². The lowest BCUT2D eigenvalue weighted by Crippen LogP contribution is -2.50. The zero-order chi connectivity index (χ0) is 14.6. The largest absolute Gasteiger partial charge is 0.481 e. The van der Waals surface area contributed by atoms with Crippen molar-refractivity contribution in [3.05, 3.63) is 0 Å². The van der Waals surface area contributed by atoms with Crippen molar-refractivity contribution in [1.29, 1.82) is 0 Å². The van der Waals surface area contributed by atoms with E-state index in [1.165, 1.54) is 18.9 Å². The second kappa shape index (κ2) is 6.40. The summed E-state index contributed by atoms with van der Waals surface area (Å²) in [6.45, 7) is 3.62. The average Bonchev–Trinajstić information content (AvgIpc) is 2.85. The highest BCUT2D eigenvalue weighted by molar-refractivity contribution is 5.84. The lowest BCUT2D eigenvalue weighted by atomic mass is 10.0. The molecule has 19 heavy (non-hydrogen) atoms. The van der Waals surface area contributed by atoms with Gasteiger partial charge in [0, 0.05) is 12.6 Å². The standard InChI is InChI=1S/C12H20N2O5/c1-7(10(15)16)8(2)13-12(18)14-6-4-5-9(14)11(17)19-3/h7-9H,4-6H2,1-3H3,(H,13,18)(H,15,16). The molecule has 0 aromatic heterocycles. The minimum absolute atomic E-state index is 0.423. The minimum atomic E-state index is -0.973. The highest BCUT2D eigenvalue weighted by atomic mass is 16.5. The van der Waals surface area contributed by atoms with Gasteiger partial charge in [0.05, 0.1) is 13.0 Å². The molecule has 0 aromatic carbocycles. The third-order valence-electron chi connectivity index (χ3n) is 3.48. The van der Waals surface area contributed by atoms with Gasteiger partial charge >= 0.3 is 18.0 Å². The highest BCUT2D eigenvalue weighted by Crippen LogP contribution is 2.18. The summed E-state index contributed by atoms with van der Waals surface area (Å²) in [5.74, 6) is -2.10. The number of aliphatic carboxylic acids is 1. The number of esters is 1. The van der Waals surface area contributed by atoms with Crippen molar-refractivity contribution in [2.75, 3.05) is 13.7 Å². The fraction of sp³-hybridized carbons (Fsp3) is 0.750. The SMILES string of the molecule is COC(=O)C1CCCN1C(=O)NC(C)C(C)C(=O)O. The molecule has 1 fully saturated rings. The molecule has 1 saturated heterocycles. The fourth-order valence-electron chi connectivity index (χ4n) is 2.01. The van der Waals surface area contributed by atoms with Gasteiger partial charge in [-0.05, 0) is 26.7 Å². The van der Waals surface area contributed by atoms with Gasteiger partial charge < -0.3 is 20.1 Å². The molecule has 7 heteroatoms. The minimum Gasteiger partial charge on any atom is -0.481 e. The van der Waals surface area contributed by atoms with E-state index in [1.54, 1.807) is 6.92 Å². The number of nitrogens with one attached hydrogen (secondary N) is 1. The van der Waals surface area contributed by atoms with E-state index in [4.69, 9.17) is 5.11 Å². The lowest BCUT2D eigenvalue weighted by molar-refractivity contribution is -0.145. The molecule has 0 bridgehead atoms. The topological polar surface area (TPSA) is 95.9 Å². The number of nitrogens with zero attached hydrogens (tertiary/aromatic N) is 1. The van der Waals surface area contributed by atoms with Crippen molar-refractivity contribution < 1.29 is 24.2 Å². The summed E-state index contributed by atoms with van der Waals surface area (Å²) < 4.78 is 4.65. The lowest BCUT2D eigenvalue weighted by Gasteiger charge is -2.26. The van der Waals surface area contributed by atoms with E-state index in [1.807, 2.05) is 0 Å². The second-order valence-electron chi connectivity index (χ2n) is 4.74. The molecule has 3 unspecified atom stereocenters. The van der Waals surface area contributed by atoms with Crippen molar-refractivity contribution in [2.45, 2.75) is 38.8 Å². The van der Waals surface area contributed by atoms with Gasteiger partial charge in [0.2, 0.25) is 0 Å². The van der Waals surface area contributed by atoms with Crippen LogP contribution in [0.4, 0.5) is 4.79 Å². The van der Waals surface area contributed by atoms with Crippen molar-refractivity contribution >= 4 is 18.0 Å². The van der Waals surface area contributed by atoms with E-state index in [9.17, 15) is 14.4 Å². The Morgan fingerprint density at radius 2 is 2.00 bits per heavy atom. The molecular formula is C12H20N2O5. The van der Waals surface area contributed by atoms with Gasteiger partial charge in [0.1, 0.15) is 6.04 Å². The molecule has 3 atom stereocenters. The maximum Gasteiger partial charge on any atom is 0.328 e. The molecule has 1 aliphatic rings. The molecule has 1 aliphatic heterocycles. The molecule has 108 valence electrons. The number of hydrogen-bond donors (Lipinski definition) is 2. The molecule has 2 amide bonds. The van der Waals surface area contributed by atoms with Crippen LogP contribution < -0.4 is 5.32 Å². The van der Waals surface area contributed by atoms with Crippen LogP contribution in [0.2, 0.25) is 0 Å². The third-order valence-corrected chi connectivity index (χ3v) is 3.48. The van der Waals surface area contributed by atoms with Crippen molar-refractivity contribution in [1.82, 2.24) is 10.2 Å². The summed E-state index contributed by atoms with van der Waals surface area (Å²) in [5, 5.41) is 11.5. The van der Waals surface area contributed by atoms with Crippen LogP contribution in [0.15, 0.2) is 0 Å². The van der Waals surface area contributed by atoms with Crippen LogP contribution in [0.1, 0.15) is 26.7 Å². The number of carboxylic acid groups (broad SMARTS) is 1. The summed E-state index contributed by atoms with van der Waals surface area (Å²) in [6.07, 6.45) is 1.30. The molecule has 0 saturated carbocycles. The maximum atomic E-state index is 12.0. The van der Waals surface area contributed by atoms with Crippen LogP contribution in [0.5, 0.6) is 0 Å². The summed E-state index contributed by atoms with van der Waals surface area (Å²) in [4.78, 5) is 35.8. The van der Waals surface area contributed by atoms with Crippen LogP contribution in [-0.4, -0.2) is 53.7 Å². The second-order valence-corrected chi connectivity index (χ2v) is 4.74. The van der Waals surface area contributed by atoms with E-state index in [2.05, 4.69) is 10.1 Å². The Bertz CT molecular complexity index is 371. The molecule has 0 radical (unpaired) electrons. The summed E-state index contributed by atoms with van der Waals surface area (Å²) in [6, 6.07) is -1.50. The first-order valence-electron chi connectivity index (χ1n) is 6.26. The Labute approximate surface area is 111 Å². The van der Waals surface area contributed by atoms with Crippen LogP contribution in [0.3, 0.4) is 0 Å². The van der Waals surface area contributed by atoms with Gasteiger partial charge in [-0.25, -0.2) is 9.59 Å². The smallest absolute Gasteiger partial charge is 0.328 e. The number of ether oxygens (including phenoxy) is 1. The quantitative estimate of drug-likeness (QED) is 0.724. The molecular weight excluding hydrogens is 252 g/mol. The van der Waals surface area contributed by atoms with Gasteiger partial charge in [-0.15, -0.1) is 0 Å². The number of carboxylic acids is 1. The first-order valence-corrected chi connectivity index (χ1v) is 6.26. The number of urea groups is 1. The van der Waals surface area contributed by atoms with Crippen LogP contribution in [0.25, 0.3) is 0 Å². The normalized spacial score (nSPS) is 21.6. The molecule has 7 nitrogen and oxygen atoms in total. The number of carbonyl (C=O) groups excluding carboxylic acids is 2. The predicted octanol–water partition coefficient (Wildman–Crippen LogP) is 0.443. The highest BCUT2D eigenvalue weighted by Gasteiger charge is 2.35. The number of likely N-dealkylation sites (tertiary alicyclic amines) is 1. The molecule has 1 heterocycles. The number of hydrogen-bond acceptors (Lipinski definition) is 4. The van der Waals surface area contributed by atoms with Crippen LogP contribution >= 0.6 is 0 Å². The number of carbonyl (C=O) groups is 3. The maximum absolute atomic E-state index is 12.0. The predicted molar refractivity (Wildman–Crippen MR) is 66.5 cm³/mol. The average molecular weight is 272 g/mol. The van der Waals surface area contributed by atoms with Crippen molar-refractivity contribution in [2.24, 2.45) is 5.92 Å². The number of methoxy groups -OCH3 is 1. The van der Waals surface area contributed by atoms with E-state index in [-0.39, 0.29) is 0 Å². The Morgan fingerprint density at radius 1 is 1.37 bits per heavy atom. The molecule has 0 aromatic rings. The van der Waals surface area contributed by atoms with Gasteiger partial charge in [-0.2, -0.15) is 0 Å². The van der Waals surface area contributed by atoms with Gasteiger partial charge in [0.15, 0.2) is 0 Å². The van der Waals surface area contributed by atoms with Crippen molar-refractivity contribution in [3.63, 3.8) is 0 Å². The number of rotatable bonds is 4. The summed E-state index contributed by atoms with van der Waals surface area (Å²) in [7, 11) is 1.28. The zero-order valence-electron chi connectivity index (χ0n) is 11.4. The Kier molecular flexibility index (Phi) is 5.14. The molecule has 0 spiro atoms.